The summed E-state index contributed by atoms with van der Waals surface area (Å²) in [6.45, 7) is 2.27. The van der Waals surface area contributed by atoms with E-state index in [1.165, 1.54) is 37.7 Å². The van der Waals surface area contributed by atoms with Crippen LogP contribution < -0.4 is 5.73 Å². The summed E-state index contributed by atoms with van der Waals surface area (Å²) in [6, 6.07) is 13.5. The zero-order valence-corrected chi connectivity index (χ0v) is 13.9. The molecule has 0 unspecified atom stereocenters. The van der Waals surface area contributed by atoms with E-state index in [4.69, 9.17) is 5.73 Å². The topological polar surface area (TPSA) is 26.0 Å². The summed E-state index contributed by atoms with van der Waals surface area (Å²) in [4.78, 5) is 0. The molecule has 0 aliphatic heterocycles. The third-order valence-electron chi connectivity index (χ3n) is 5.35. The van der Waals surface area contributed by atoms with Crippen molar-refractivity contribution in [3.63, 3.8) is 0 Å². The molecule has 0 amide bonds. The van der Waals surface area contributed by atoms with Gasteiger partial charge >= 0.3 is 0 Å². The fourth-order valence-corrected chi connectivity index (χ4v) is 3.72. The van der Waals surface area contributed by atoms with E-state index in [2.05, 4.69) is 13.0 Å². The van der Waals surface area contributed by atoms with Gasteiger partial charge in [0.2, 0.25) is 0 Å². The van der Waals surface area contributed by atoms with Crippen LogP contribution in [-0.2, 0) is 6.42 Å². The van der Waals surface area contributed by atoms with Gasteiger partial charge in [-0.2, -0.15) is 0 Å². The lowest BCUT2D eigenvalue weighted by molar-refractivity contribution is 0.318. The maximum atomic E-state index is 14.5. The first-order valence-electron chi connectivity index (χ1n) is 8.78. The van der Waals surface area contributed by atoms with Crippen LogP contribution in [-0.4, -0.2) is 0 Å². The Morgan fingerprint density at radius 2 is 1.70 bits per heavy atom. The number of nitrogens with two attached hydrogens (primary N) is 1. The van der Waals surface area contributed by atoms with Crippen LogP contribution in [0.5, 0.6) is 0 Å². The molecule has 0 saturated heterocycles. The molecule has 1 nitrogen and oxygen atoms in total. The van der Waals surface area contributed by atoms with Crippen LogP contribution in [0.2, 0.25) is 0 Å². The van der Waals surface area contributed by atoms with E-state index in [0.29, 0.717) is 12.3 Å². The van der Waals surface area contributed by atoms with Gasteiger partial charge < -0.3 is 5.73 Å². The van der Waals surface area contributed by atoms with E-state index in [-0.39, 0.29) is 5.82 Å². The minimum absolute atomic E-state index is 0.0723. The lowest BCUT2D eigenvalue weighted by Crippen LogP contribution is -2.13. The molecule has 0 bridgehead atoms. The standard InChI is InChI=1S/C21H26FN/c1-2-15-3-7-17(8-4-15)18-9-10-19(21(22)14-18)13-16-5-11-20(23)12-6-16/h5-6,9-12,14-15,17H,2-4,7-8,13,23H2,1H3. The number of hydrogen-bond acceptors (Lipinski definition) is 1. The maximum Gasteiger partial charge on any atom is 0.127 e. The van der Waals surface area contributed by atoms with E-state index in [0.717, 1.165) is 22.7 Å². The van der Waals surface area contributed by atoms with Gasteiger partial charge in [-0.3, -0.25) is 0 Å². The van der Waals surface area contributed by atoms with Crippen LogP contribution in [0.25, 0.3) is 0 Å². The second-order valence-corrected chi connectivity index (χ2v) is 6.90. The predicted octanol–water partition coefficient (Wildman–Crippen LogP) is 5.68. The second kappa shape index (κ2) is 7.16. The monoisotopic (exact) mass is 311 g/mol. The molecule has 1 fully saturated rings. The van der Waals surface area contributed by atoms with Crippen molar-refractivity contribution in [2.24, 2.45) is 5.92 Å². The Hall–Kier alpha value is -1.83. The molecular weight excluding hydrogens is 285 g/mol. The molecule has 122 valence electrons. The van der Waals surface area contributed by atoms with Gasteiger partial charge in [0.1, 0.15) is 5.82 Å². The molecule has 2 heteroatoms. The van der Waals surface area contributed by atoms with Crippen molar-refractivity contribution >= 4 is 5.69 Å². The van der Waals surface area contributed by atoms with Crippen molar-refractivity contribution in [2.75, 3.05) is 5.73 Å². The van der Waals surface area contributed by atoms with E-state index >= 15 is 0 Å². The molecule has 1 aliphatic carbocycles. The Morgan fingerprint density at radius 3 is 2.30 bits per heavy atom. The van der Waals surface area contributed by atoms with E-state index < -0.39 is 0 Å². The molecule has 2 N–H and O–H groups in total. The quantitative estimate of drug-likeness (QED) is 0.722. The summed E-state index contributed by atoms with van der Waals surface area (Å²) in [5, 5.41) is 0. The van der Waals surface area contributed by atoms with E-state index in [9.17, 15) is 4.39 Å². The molecule has 0 radical (unpaired) electrons. The van der Waals surface area contributed by atoms with Crippen molar-refractivity contribution < 1.29 is 4.39 Å². The molecular formula is C21H26FN. The summed E-state index contributed by atoms with van der Waals surface area (Å²) >= 11 is 0. The summed E-state index contributed by atoms with van der Waals surface area (Å²) in [6.07, 6.45) is 6.88. The average Bonchev–Trinajstić information content (AvgIpc) is 2.59. The fraction of sp³-hybridized carbons (Fsp3) is 0.429. The normalized spacial score (nSPS) is 21.3. The third kappa shape index (κ3) is 3.93. The average molecular weight is 311 g/mol. The minimum Gasteiger partial charge on any atom is -0.399 e. The molecule has 2 aromatic carbocycles. The predicted molar refractivity (Wildman–Crippen MR) is 95.1 cm³/mol. The number of anilines is 1. The van der Waals surface area contributed by atoms with Crippen molar-refractivity contribution in [3.8, 4) is 0 Å². The molecule has 1 saturated carbocycles. The summed E-state index contributed by atoms with van der Waals surface area (Å²) in [5.41, 5.74) is 9.48. The molecule has 0 spiro atoms. The third-order valence-corrected chi connectivity index (χ3v) is 5.35. The molecule has 0 aromatic heterocycles. The van der Waals surface area contributed by atoms with Gasteiger partial charge in [-0.15, -0.1) is 0 Å². The van der Waals surface area contributed by atoms with E-state index in [1.54, 1.807) is 6.07 Å². The first-order valence-corrected chi connectivity index (χ1v) is 8.78. The fourth-order valence-electron chi connectivity index (χ4n) is 3.72. The Balaban J connectivity index is 1.69. The Kier molecular flexibility index (Phi) is 5.00. The molecule has 0 heterocycles. The van der Waals surface area contributed by atoms with Crippen LogP contribution in [0.4, 0.5) is 10.1 Å². The van der Waals surface area contributed by atoms with Crippen LogP contribution in [0.1, 0.15) is 61.6 Å². The Labute approximate surface area is 138 Å². The largest absolute Gasteiger partial charge is 0.399 e. The lowest BCUT2D eigenvalue weighted by Gasteiger charge is -2.28. The Morgan fingerprint density at radius 1 is 1.00 bits per heavy atom. The van der Waals surface area contributed by atoms with Gasteiger partial charge in [-0.1, -0.05) is 37.6 Å². The molecule has 23 heavy (non-hydrogen) atoms. The lowest BCUT2D eigenvalue weighted by atomic mass is 9.77. The molecule has 2 aromatic rings. The minimum atomic E-state index is -0.0723. The van der Waals surface area contributed by atoms with Gasteiger partial charge in [0.05, 0.1) is 0 Å². The highest BCUT2D eigenvalue weighted by molar-refractivity contribution is 5.41. The van der Waals surface area contributed by atoms with Gasteiger partial charge in [-0.05, 0) is 72.4 Å². The number of nitrogen functional groups attached to an aromatic ring is 1. The van der Waals surface area contributed by atoms with Gasteiger partial charge in [0.25, 0.3) is 0 Å². The highest BCUT2D eigenvalue weighted by atomic mass is 19.1. The Bertz CT molecular complexity index is 639. The van der Waals surface area contributed by atoms with Crippen LogP contribution in [0.3, 0.4) is 0 Å². The zero-order chi connectivity index (χ0) is 16.2. The number of halogens is 1. The van der Waals surface area contributed by atoms with Crippen molar-refractivity contribution in [1.29, 1.82) is 0 Å². The zero-order valence-electron chi connectivity index (χ0n) is 13.9. The van der Waals surface area contributed by atoms with Crippen molar-refractivity contribution in [2.45, 2.75) is 51.4 Å². The number of rotatable bonds is 4. The van der Waals surface area contributed by atoms with Crippen LogP contribution >= 0.6 is 0 Å². The number of benzene rings is 2. The molecule has 1 aliphatic rings. The number of hydrogen-bond donors (Lipinski definition) is 1. The first kappa shape index (κ1) is 16.0. The van der Waals surface area contributed by atoms with Gasteiger partial charge in [-0.25, -0.2) is 4.39 Å². The van der Waals surface area contributed by atoms with E-state index in [1.807, 2.05) is 30.3 Å². The van der Waals surface area contributed by atoms with Crippen LogP contribution in [0, 0.1) is 11.7 Å². The molecule has 3 rings (SSSR count). The smallest absolute Gasteiger partial charge is 0.127 e. The summed E-state index contributed by atoms with van der Waals surface area (Å²) < 4.78 is 14.5. The SMILES string of the molecule is CCC1CCC(c2ccc(Cc3ccc(N)cc3)c(F)c2)CC1. The first-order chi connectivity index (χ1) is 11.2. The van der Waals surface area contributed by atoms with Crippen molar-refractivity contribution in [1.82, 2.24) is 0 Å². The van der Waals surface area contributed by atoms with Gasteiger partial charge in [0, 0.05) is 12.1 Å². The highest BCUT2D eigenvalue weighted by Crippen LogP contribution is 2.37. The van der Waals surface area contributed by atoms with Crippen LogP contribution in [0.15, 0.2) is 42.5 Å². The van der Waals surface area contributed by atoms with Crippen molar-refractivity contribution in [3.05, 3.63) is 65.0 Å². The second-order valence-electron chi connectivity index (χ2n) is 6.90. The summed E-state index contributed by atoms with van der Waals surface area (Å²) in [5.74, 6) is 1.34. The maximum absolute atomic E-state index is 14.5. The summed E-state index contributed by atoms with van der Waals surface area (Å²) in [7, 11) is 0. The highest BCUT2D eigenvalue weighted by Gasteiger charge is 2.21. The molecule has 0 atom stereocenters. The van der Waals surface area contributed by atoms with Gasteiger partial charge in [0.15, 0.2) is 0 Å².